The monoisotopic (exact) mass is 251 g/mol. The Labute approximate surface area is 110 Å². The Kier molecular flexibility index (Phi) is 4.75. The second kappa shape index (κ2) is 6.32. The highest BCUT2D eigenvalue weighted by atomic mass is 16.5. The molecule has 18 heavy (non-hydrogen) atoms. The average molecular weight is 251 g/mol. The smallest absolute Gasteiger partial charge is 0.135 e. The molecule has 0 atom stereocenters. The summed E-state index contributed by atoms with van der Waals surface area (Å²) in [6.07, 6.45) is 7.02. The molecule has 0 aliphatic heterocycles. The van der Waals surface area contributed by atoms with Gasteiger partial charge in [-0.15, -0.1) is 10.2 Å². The lowest BCUT2D eigenvalue weighted by molar-refractivity contribution is 0.184. The summed E-state index contributed by atoms with van der Waals surface area (Å²) >= 11 is 0. The van der Waals surface area contributed by atoms with Gasteiger partial charge in [-0.2, -0.15) is 0 Å². The second-order valence-corrected chi connectivity index (χ2v) is 5.73. The molecule has 0 spiro atoms. The molecular formula is C14H25N3O. The molecule has 0 radical (unpaired) electrons. The summed E-state index contributed by atoms with van der Waals surface area (Å²) in [4.78, 5) is 0. The largest absolute Gasteiger partial charge is 0.383 e. The second-order valence-electron chi connectivity index (χ2n) is 5.73. The Bertz CT molecular complexity index is 354. The van der Waals surface area contributed by atoms with E-state index < -0.39 is 0 Å². The minimum absolute atomic E-state index is 0.597. The number of methoxy groups -OCH3 is 1. The van der Waals surface area contributed by atoms with Gasteiger partial charge in [0.25, 0.3) is 0 Å². The first kappa shape index (κ1) is 13.5. The SMILES string of the molecule is COCCn1cnnc1C1CCC(C(C)C)CC1. The third-order valence-corrected chi connectivity index (χ3v) is 4.26. The van der Waals surface area contributed by atoms with Crippen molar-refractivity contribution in [2.24, 2.45) is 11.8 Å². The van der Waals surface area contributed by atoms with E-state index in [1.807, 2.05) is 6.33 Å². The van der Waals surface area contributed by atoms with Crippen molar-refractivity contribution in [3.63, 3.8) is 0 Å². The number of hydrogen-bond acceptors (Lipinski definition) is 3. The quantitative estimate of drug-likeness (QED) is 0.808. The first-order chi connectivity index (χ1) is 8.72. The normalized spacial score (nSPS) is 24.7. The van der Waals surface area contributed by atoms with Crippen LogP contribution in [0.1, 0.15) is 51.3 Å². The van der Waals surface area contributed by atoms with E-state index in [2.05, 4.69) is 28.6 Å². The van der Waals surface area contributed by atoms with Gasteiger partial charge in [-0.25, -0.2) is 0 Å². The Morgan fingerprint density at radius 3 is 2.67 bits per heavy atom. The van der Waals surface area contributed by atoms with E-state index in [1.165, 1.54) is 25.7 Å². The molecule has 1 aromatic heterocycles. The van der Waals surface area contributed by atoms with Crippen LogP contribution in [0.25, 0.3) is 0 Å². The maximum atomic E-state index is 5.13. The van der Waals surface area contributed by atoms with E-state index >= 15 is 0 Å². The summed E-state index contributed by atoms with van der Waals surface area (Å²) in [5, 5.41) is 8.38. The van der Waals surface area contributed by atoms with Crippen molar-refractivity contribution < 1.29 is 4.74 Å². The summed E-state index contributed by atoms with van der Waals surface area (Å²) in [5.41, 5.74) is 0. The van der Waals surface area contributed by atoms with Crippen LogP contribution >= 0.6 is 0 Å². The molecule has 1 fully saturated rings. The molecule has 0 saturated heterocycles. The molecule has 1 aliphatic carbocycles. The summed E-state index contributed by atoms with van der Waals surface area (Å²) in [6.45, 7) is 6.27. The van der Waals surface area contributed by atoms with Crippen LogP contribution in [0.4, 0.5) is 0 Å². The van der Waals surface area contributed by atoms with E-state index in [4.69, 9.17) is 4.74 Å². The molecule has 0 N–H and O–H groups in total. The topological polar surface area (TPSA) is 39.9 Å². The lowest BCUT2D eigenvalue weighted by Crippen LogP contribution is -2.20. The van der Waals surface area contributed by atoms with E-state index in [9.17, 15) is 0 Å². The zero-order valence-corrected chi connectivity index (χ0v) is 11.8. The van der Waals surface area contributed by atoms with E-state index in [0.717, 1.165) is 30.8 Å². The van der Waals surface area contributed by atoms with Crippen LogP contribution in [0.15, 0.2) is 6.33 Å². The molecule has 0 bridgehead atoms. The van der Waals surface area contributed by atoms with Crippen molar-refractivity contribution in [2.75, 3.05) is 13.7 Å². The third kappa shape index (κ3) is 3.10. The number of hydrogen-bond donors (Lipinski definition) is 0. The van der Waals surface area contributed by atoms with Crippen molar-refractivity contribution >= 4 is 0 Å². The van der Waals surface area contributed by atoms with Gasteiger partial charge in [-0.1, -0.05) is 13.8 Å². The molecule has 1 saturated carbocycles. The standard InChI is InChI=1S/C14H25N3O/c1-11(2)12-4-6-13(7-5-12)14-16-15-10-17(14)8-9-18-3/h10-13H,4-9H2,1-3H3. The predicted molar refractivity (Wildman–Crippen MR) is 71.4 cm³/mol. The summed E-state index contributed by atoms with van der Waals surface area (Å²) in [6, 6.07) is 0. The fourth-order valence-corrected chi connectivity index (χ4v) is 2.99. The van der Waals surface area contributed by atoms with Gasteiger partial charge in [0.2, 0.25) is 0 Å². The molecule has 4 heteroatoms. The van der Waals surface area contributed by atoms with Crippen molar-refractivity contribution in [1.29, 1.82) is 0 Å². The zero-order chi connectivity index (χ0) is 13.0. The Hall–Kier alpha value is -0.900. The van der Waals surface area contributed by atoms with Crippen molar-refractivity contribution in [1.82, 2.24) is 14.8 Å². The zero-order valence-electron chi connectivity index (χ0n) is 11.8. The maximum Gasteiger partial charge on any atom is 0.135 e. The highest BCUT2D eigenvalue weighted by Crippen LogP contribution is 2.37. The van der Waals surface area contributed by atoms with Gasteiger partial charge in [-0.3, -0.25) is 0 Å². The molecule has 102 valence electrons. The van der Waals surface area contributed by atoms with Gasteiger partial charge in [0.05, 0.1) is 6.61 Å². The molecule has 1 heterocycles. The van der Waals surface area contributed by atoms with Crippen molar-refractivity contribution in [3.05, 3.63) is 12.2 Å². The highest BCUT2D eigenvalue weighted by molar-refractivity contribution is 4.99. The molecule has 1 aliphatic rings. The number of ether oxygens (including phenoxy) is 1. The Morgan fingerprint density at radius 2 is 2.06 bits per heavy atom. The van der Waals surface area contributed by atoms with Crippen LogP contribution in [0, 0.1) is 11.8 Å². The van der Waals surface area contributed by atoms with Crippen LogP contribution in [-0.4, -0.2) is 28.5 Å². The van der Waals surface area contributed by atoms with Crippen LogP contribution in [0.3, 0.4) is 0 Å². The first-order valence-corrected chi connectivity index (χ1v) is 7.09. The predicted octanol–water partition coefficient (Wildman–Crippen LogP) is 2.85. The lowest BCUT2D eigenvalue weighted by Gasteiger charge is -2.30. The van der Waals surface area contributed by atoms with Crippen LogP contribution in [0.2, 0.25) is 0 Å². The minimum Gasteiger partial charge on any atom is -0.383 e. The van der Waals surface area contributed by atoms with Crippen molar-refractivity contribution in [2.45, 2.75) is 52.0 Å². The summed E-state index contributed by atoms with van der Waals surface area (Å²) in [5.74, 6) is 3.47. The van der Waals surface area contributed by atoms with Crippen molar-refractivity contribution in [3.8, 4) is 0 Å². The summed E-state index contributed by atoms with van der Waals surface area (Å²) in [7, 11) is 1.73. The van der Waals surface area contributed by atoms with Gasteiger partial charge in [0, 0.05) is 19.6 Å². The number of nitrogens with zero attached hydrogens (tertiary/aromatic N) is 3. The molecule has 0 amide bonds. The highest BCUT2D eigenvalue weighted by Gasteiger charge is 2.26. The molecule has 2 rings (SSSR count). The van der Waals surface area contributed by atoms with Gasteiger partial charge >= 0.3 is 0 Å². The fraction of sp³-hybridized carbons (Fsp3) is 0.857. The van der Waals surface area contributed by atoms with E-state index in [1.54, 1.807) is 7.11 Å². The number of rotatable bonds is 5. The lowest BCUT2D eigenvalue weighted by atomic mass is 9.77. The van der Waals surface area contributed by atoms with Crippen LogP contribution < -0.4 is 0 Å². The maximum absolute atomic E-state index is 5.13. The van der Waals surface area contributed by atoms with Gasteiger partial charge < -0.3 is 9.30 Å². The Morgan fingerprint density at radius 1 is 1.33 bits per heavy atom. The van der Waals surface area contributed by atoms with Gasteiger partial charge in [0.1, 0.15) is 12.2 Å². The van der Waals surface area contributed by atoms with Gasteiger partial charge in [0.15, 0.2) is 0 Å². The minimum atomic E-state index is 0.597. The average Bonchev–Trinajstić information content (AvgIpc) is 2.84. The molecule has 0 unspecified atom stereocenters. The third-order valence-electron chi connectivity index (χ3n) is 4.26. The number of aromatic nitrogens is 3. The Balaban J connectivity index is 1.94. The molecule has 0 aromatic carbocycles. The van der Waals surface area contributed by atoms with E-state index in [0.29, 0.717) is 5.92 Å². The van der Waals surface area contributed by atoms with Crippen LogP contribution in [-0.2, 0) is 11.3 Å². The molecule has 1 aromatic rings. The molecule has 4 nitrogen and oxygen atoms in total. The van der Waals surface area contributed by atoms with Crippen LogP contribution in [0.5, 0.6) is 0 Å². The fourth-order valence-electron chi connectivity index (χ4n) is 2.99. The summed E-state index contributed by atoms with van der Waals surface area (Å²) < 4.78 is 7.29. The first-order valence-electron chi connectivity index (χ1n) is 7.09. The molecular weight excluding hydrogens is 226 g/mol. The van der Waals surface area contributed by atoms with E-state index in [-0.39, 0.29) is 0 Å². The van der Waals surface area contributed by atoms with Gasteiger partial charge in [-0.05, 0) is 37.5 Å².